The molecule has 1 aliphatic heterocycles. The van der Waals surface area contributed by atoms with Crippen LogP contribution in [-0.4, -0.2) is 70.5 Å². The molecule has 4 aromatic rings. The molecule has 0 unspecified atom stereocenters. The molecule has 0 spiro atoms. The average Bonchev–Trinajstić information content (AvgIpc) is 3.60. The zero-order chi connectivity index (χ0) is 28.2. The number of aliphatic hydroxyl groups is 1. The third kappa shape index (κ3) is 6.50. The second-order valence-electron chi connectivity index (χ2n) is 10.3. The van der Waals surface area contributed by atoms with Gasteiger partial charge in [0.05, 0.1) is 21.8 Å². The van der Waals surface area contributed by atoms with Crippen LogP contribution in [-0.2, 0) is 6.54 Å². The van der Waals surface area contributed by atoms with Gasteiger partial charge < -0.3 is 14.4 Å². The molecule has 0 amide bonds. The number of benzene rings is 3. The van der Waals surface area contributed by atoms with Crippen molar-refractivity contribution in [3.63, 3.8) is 0 Å². The highest BCUT2D eigenvalue weighted by Gasteiger charge is 2.21. The summed E-state index contributed by atoms with van der Waals surface area (Å²) in [6.45, 7) is 7.08. The van der Waals surface area contributed by atoms with Gasteiger partial charge in [-0.2, -0.15) is 0 Å². The van der Waals surface area contributed by atoms with E-state index in [1.165, 1.54) is 11.1 Å². The molecule has 7 nitrogen and oxygen atoms in total. The molecule has 1 saturated heterocycles. The summed E-state index contributed by atoms with van der Waals surface area (Å²) in [5.74, 6) is 4.26. The topological polar surface area (TPSA) is 74.9 Å². The Hall–Kier alpha value is -4.00. The zero-order valence-corrected chi connectivity index (χ0v) is 23.8. The van der Waals surface area contributed by atoms with Crippen molar-refractivity contribution in [2.45, 2.75) is 19.6 Å². The van der Waals surface area contributed by atoms with Gasteiger partial charge in [-0.1, -0.05) is 53.5 Å². The molecule has 3 heterocycles. The number of thiazole rings is 1. The molecule has 1 fully saturated rings. The number of rotatable bonds is 8. The van der Waals surface area contributed by atoms with Crippen LogP contribution in [0.15, 0.2) is 77.3 Å². The molecule has 7 rings (SSSR count). The Morgan fingerprint density at radius 3 is 2.44 bits per heavy atom. The Bertz CT molecular complexity index is 1640. The van der Waals surface area contributed by atoms with E-state index in [1.807, 2.05) is 55.5 Å². The number of hydrogen-bond acceptors (Lipinski definition) is 8. The largest absolute Gasteiger partial charge is 0.491 e. The van der Waals surface area contributed by atoms with E-state index in [1.54, 1.807) is 11.3 Å². The highest BCUT2D eigenvalue weighted by atomic mass is 32.1. The third-order valence-corrected chi connectivity index (χ3v) is 8.31. The second-order valence-corrected chi connectivity index (χ2v) is 11.6. The monoisotopic (exact) mass is 564 g/mol. The molecule has 208 valence electrons. The maximum Gasteiger partial charge on any atom is 0.151 e. The Kier molecular flexibility index (Phi) is 8.12. The van der Waals surface area contributed by atoms with Crippen molar-refractivity contribution >= 4 is 21.6 Å². The third-order valence-electron chi connectivity index (χ3n) is 7.36. The number of aromatic nitrogens is 2. The van der Waals surface area contributed by atoms with Crippen molar-refractivity contribution in [1.82, 2.24) is 19.9 Å². The molecule has 1 N–H and O–H groups in total. The number of terminal acetylenes is 1. The van der Waals surface area contributed by atoms with Gasteiger partial charge >= 0.3 is 0 Å². The smallest absolute Gasteiger partial charge is 0.151 e. The summed E-state index contributed by atoms with van der Waals surface area (Å²) in [5.41, 5.74) is 6.27. The molecular weight excluding hydrogens is 532 g/mol. The van der Waals surface area contributed by atoms with E-state index in [4.69, 9.17) is 15.7 Å². The van der Waals surface area contributed by atoms with Gasteiger partial charge in [-0.3, -0.25) is 9.80 Å². The molecule has 1 atom stereocenters. The molecule has 41 heavy (non-hydrogen) atoms. The van der Waals surface area contributed by atoms with Gasteiger partial charge in [-0.05, 0) is 36.2 Å². The first-order valence-electron chi connectivity index (χ1n) is 13.8. The van der Waals surface area contributed by atoms with E-state index in [9.17, 15) is 5.11 Å². The number of β-amino-alcohol motifs (C(OH)–C–C–N with tert-alkyl or cyclic N) is 1. The highest BCUT2D eigenvalue weighted by Crippen LogP contribution is 2.29. The summed E-state index contributed by atoms with van der Waals surface area (Å²) in [7, 11) is 0. The van der Waals surface area contributed by atoms with E-state index in [0.29, 0.717) is 13.1 Å². The predicted molar refractivity (Wildman–Crippen MR) is 163 cm³/mol. The normalized spacial score (nSPS) is 15.1. The molecule has 8 heteroatoms. The van der Waals surface area contributed by atoms with E-state index >= 15 is 0 Å². The zero-order valence-electron chi connectivity index (χ0n) is 23.0. The fourth-order valence-electron chi connectivity index (χ4n) is 5.02. The lowest BCUT2D eigenvalue weighted by Crippen LogP contribution is -2.48. The van der Waals surface area contributed by atoms with Crippen molar-refractivity contribution in [3.8, 4) is 40.5 Å². The van der Waals surface area contributed by atoms with Crippen molar-refractivity contribution < 1.29 is 14.4 Å². The molecule has 3 aliphatic rings. The maximum absolute atomic E-state index is 10.5. The minimum atomic E-state index is -0.553. The molecule has 0 saturated carbocycles. The van der Waals surface area contributed by atoms with Crippen LogP contribution in [0.5, 0.6) is 5.75 Å². The summed E-state index contributed by atoms with van der Waals surface area (Å²) in [4.78, 5) is 9.11. The SMILES string of the molecule is C#Cc1ccccc1-c1cc(CN2CCN(C[C@@H](O)COc3ccc4sc(C)nc4c3)CC2)on1.c1cc2ccc1-2. The first-order valence-corrected chi connectivity index (χ1v) is 14.6. The van der Waals surface area contributed by atoms with Crippen LogP contribution in [0.3, 0.4) is 0 Å². The van der Waals surface area contributed by atoms with E-state index in [-0.39, 0.29) is 6.61 Å². The Balaban J connectivity index is 0.000000440. The number of nitrogens with zero attached hydrogens (tertiary/aromatic N) is 4. The second kappa shape index (κ2) is 12.2. The fraction of sp³-hybridized carbons (Fsp3) is 0.273. The van der Waals surface area contributed by atoms with Gasteiger partial charge in [0.2, 0.25) is 0 Å². The first kappa shape index (κ1) is 27.2. The Labute approximate surface area is 244 Å². The number of fused-ring (bicyclic) bond motifs is 2. The molecular formula is C33H32N4O3S. The van der Waals surface area contributed by atoms with Gasteiger partial charge in [0, 0.05) is 56.0 Å². The van der Waals surface area contributed by atoms with Crippen LogP contribution in [0.1, 0.15) is 16.3 Å². The van der Waals surface area contributed by atoms with Crippen molar-refractivity contribution in [1.29, 1.82) is 0 Å². The fourth-order valence-corrected chi connectivity index (χ4v) is 5.82. The molecule has 2 aliphatic carbocycles. The lowest BCUT2D eigenvalue weighted by atomic mass is 9.95. The first-order chi connectivity index (χ1) is 20.0. The van der Waals surface area contributed by atoms with Crippen LogP contribution in [0, 0.1) is 19.3 Å². The number of piperazine rings is 1. The maximum atomic E-state index is 10.5. The van der Waals surface area contributed by atoms with Gasteiger partial charge in [0.25, 0.3) is 0 Å². The van der Waals surface area contributed by atoms with E-state index in [0.717, 1.165) is 69.7 Å². The van der Waals surface area contributed by atoms with Gasteiger partial charge in [0.15, 0.2) is 5.76 Å². The van der Waals surface area contributed by atoms with Gasteiger partial charge in [-0.25, -0.2) is 4.98 Å². The number of ether oxygens (including phenoxy) is 1. The summed E-state index contributed by atoms with van der Waals surface area (Å²) < 4.78 is 12.6. The van der Waals surface area contributed by atoms with Crippen molar-refractivity contribution in [3.05, 3.63) is 89.1 Å². The molecule has 0 radical (unpaired) electrons. The standard InChI is InChI=1S/C27H28N4O3S.C6H4/c1-3-20-6-4-5-7-24(20)25-15-23(34-29-25)17-31-12-10-30(11-13-31)16-21(32)18-33-22-8-9-27-26(14-22)28-19(2)35-27;1-2-6-4-3-5(1)6/h1,4-9,14-15,21,32H,10-13,16-18H2,2H3;1-4H/t21-;/m1./s1. The quantitative estimate of drug-likeness (QED) is 0.246. The molecule has 2 aromatic heterocycles. The Morgan fingerprint density at radius 1 is 1.00 bits per heavy atom. The lowest BCUT2D eigenvalue weighted by molar-refractivity contribution is 0.0430. The summed E-state index contributed by atoms with van der Waals surface area (Å²) in [5, 5.41) is 15.8. The van der Waals surface area contributed by atoms with Crippen molar-refractivity contribution in [2.24, 2.45) is 0 Å². The summed E-state index contributed by atoms with van der Waals surface area (Å²) >= 11 is 1.67. The van der Waals surface area contributed by atoms with Crippen LogP contribution in [0.2, 0.25) is 0 Å². The number of aryl methyl sites for hydroxylation is 1. The Morgan fingerprint density at radius 2 is 1.73 bits per heavy atom. The van der Waals surface area contributed by atoms with Crippen LogP contribution >= 0.6 is 11.3 Å². The van der Waals surface area contributed by atoms with Crippen molar-refractivity contribution in [2.75, 3.05) is 39.3 Å². The average molecular weight is 565 g/mol. The van der Waals surface area contributed by atoms with Crippen LogP contribution < -0.4 is 4.74 Å². The van der Waals surface area contributed by atoms with Crippen LogP contribution in [0.25, 0.3) is 32.6 Å². The summed E-state index contributed by atoms with van der Waals surface area (Å²) in [6.07, 6.45) is 5.06. The number of hydrogen-bond donors (Lipinski definition) is 1. The minimum Gasteiger partial charge on any atom is -0.491 e. The van der Waals surface area contributed by atoms with Gasteiger partial charge in [-0.15, -0.1) is 17.8 Å². The molecule has 2 aromatic carbocycles. The van der Waals surface area contributed by atoms with Crippen LogP contribution in [0.4, 0.5) is 0 Å². The predicted octanol–water partition coefficient (Wildman–Crippen LogP) is 5.47. The molecule has 0 bridgehead atoms. The van der Waals surface area contributed by atoms with E-state index in [2.05, 4.69) is 50.1 Å². The summed E-state index contributed by atoms with van der Waals surface area (Å²) in [6, 6.07) is 24.1. The highest BCUT2D eigenvalue weighted by molar-refractivity contribution is 7.18. The number of aliphatic hydroxyl groups excluding tert-OH is 1. The van der Waals surface area contributed by atoms with E-state index < -0.39 is 6.10 Å². The lowest BCUT2D eigenvalue weighted by Gasteiger charge is -2.35. The van der Waals surface area contributed by atoms with Gasteiger partial charge in [0.1, 0.15) is 24.2 Å². The minimum absolute atomic E-state index is 0.259.